The standard InChI is InChI=1S/C16H27NO2S/c1-2-3-4-5-6-7-8-9-12-15-13-10-11-14-16(15)20(17,18)19/h10-11,13-14H,2-9,12H2,1H3,(H2,17,18,19). The lowest BCUT2D eigenvalue weighted by molar-refractivity contribution is 0.573. The fourth-order valence-corrected chi connectivity index (χ4v) is 3.24. The van der Waals surface area contributed by atoms with Gasteiger partial charge in [-0.1, -0.05) is 70.1 Å². The molecule has 0 radical (unpaired) electrons. The lowest BCUT2D eigenvalue weighted by Crippen LogP contribution is -2.14. The maximum Gasteiger partial charge on any atom is 0.238 e. The Labute approximate surface area is 123 Å². The van der Waals surface area contributed by atoms with Crippen LogP contribution in [0.1, 0.15) is 63.9 Å². The van der Waals surface area contributed by atoms with Crippen LogP contribution in [0, 0.1) is 0 Å². The molecule has 20 heavy (non-hydrogen) atoms. The molecule has 114 valence electrons. The quantitative estimate of drug-likeness (QED) is 0.663. The van der Waals surface area contributed by atoms with Crippen molar-refractivity contribution < 1.29 is 8.42 Å². The Morgan fingerprint density at radius 1 is 0.900 bits per heavy atom. The molecule has 0 aliphatic rings. The largest absolute Gasteiger partial charge is 0.238 e. The molecule has 0 unspecified atom stereocenters. The van der Waals surface area contributed by atoms with Gasteiger partial charge in [0.05, 0.1) is 4.90 Å². The molecule has 0 bridgehead atoms. The molecule has 4 heteroatoms. The fraction of sp³-hybridized carbons (Fsp3) is 0.625. The molecule has 1 aromatic rings. The Kier molecular flexibility index (Phi) is 7.85. The van der Waals surface area contributed by atoms with E-state index in [4.69, 9.17) is 5.14 Å². The van der Waals surface area contributed by atoms with Gasteiger partial charge in [-0.2, -0.15) is 0 Å². The topological polar surface area (TPSA) is 60.2 Å². The Hall–Kier alpha value is -0.870. The molecule has 2 N–H and O–H groups in total. The molecule has 0 spiro atoms. The summed E-state index contributed by atoms with van der Waals surface area (Å²) < 4.78 is 22.9. The van der Waals surface area contributed by atoms with E-state index in [0.29, 0.717) is 0 Å². The van der Waals surface area contributed by atoms with Crippen LogP contribution in [-0.2, 0) is 16.4 Å². The molecule has 0 saturated carbocycles. The SMILES string of the molecule is CCCCCCCCCCc1ccccc1S(N)(=O)=O. The third-order valence-electron chi connectivity index (χ3n) is 3.58. The molecule has 0 heterocycles. The van der Waals surface area contributed by atoms with Crippen LogP contribution in [-0.4, -0.2) is 8.42 Å². The number of sulfonamides is 1. The van der Waals surface area contributed by atoms with Crippen molar-refractivity contribution in [3.63, 3.8) is 0 Å². The van der Waals surface area contributed by atoms with Crippen molar-refractivity contribution in [2.75, 3.05) is 0 Å². The second-order valence-electron chi connectivity index (χ2n) is 5.38. The third-order valence-corrected chi connectivity index (χ3v) is 4.59. The first-order valence-electron chi connectivity index (χ1n) is 7.66. The molecule has 1 rings (SSSR count). The van der Waals surface area contributed by atoms with Crippen LogP contribution in [0.5, 0.6) is 0 Å². The lowest BCUT2D eigenvalue weighted by atomic mass is 10.0. The van der Waals surface area contributed by atoms with Gasteiger partial charge in [0.1, 0.15) is 0 Å². The second kappa shape index (κ2) is 9.14. The van der Waals surface area contributed by atoms with Crippen LogP contribution in [0.25, 0.3) is 0 Å². The first kappa shape index (κ1) is 17.2. The van der Waals surface area contributed by atoms with Gasteiger partial charge in [0.2, 0.25) is 10.0 Å². The maximum absolute atomic E-state index is 11.5. The zero-order valence-electron chi connectivity index (χ0n) is 12.5. The minimum Gasteiger partial charge on any atom is -0.225 e. The molecule has 0 atom stereocenters. The first-order chi connectivity index (χ1) is 9.55. The van der Waals surface area contributed by atoms with E-state index in [1.165, 1.54) is 38.5 Å². The summed E-state index contributed by atoms with van der Waals surface area (Å²) in [5, 5.41) is 5.23. The summed E-state index contributed by atoms with van der Waals surface area (Å²) in [7, 11) is -3.59. The van der Waals surface area contributed by atoms with Gasteiger partial charge in [-0.3, -0.25) is 0 Å². The summed E-state index contributed by atoms with van der Waals surface area (Å²) in [5.41, 5.74) is 0.848. The van der Waals surface area contributed by atoms with E-state index in [9.17, 15) is 8.42 Å². The highest BCUT2D eigenvalue weighted by Gasteiger charge is 2.12. The van der Waals surface area contributed by atoms with Crippen molar-refractivity contribution >= 4 is 10.0 Å². The van der Waals surface area contributed by atoms with Crippen LogP contribution in [0.15, 0.2) is 29.2 Å². The molecule has 0 aliphatic carbocycles. The van der Waals surface area contributed by atoms with Crippen LogP contribution >= 0.6 is 0 Å². The number of aryl methyl sites for hydroxylation is 1. The maximum atomic E-state index is 11.5. The minimum absolute atomic E-state index is 0.281. The number of primary sulfonamides is 1. The molecule has 0 amide bonds. The zero-order chi connectivity index (χ0) is 14.8. The van der Waals surface area contributed by atoms with E-state index < -0.39 is 10.0 Å². The summed E-state index contributed by atoms with van der Waals surface area (Å²) in [4.78, 5) is 0.281. The van der Waals surface area contributed by atoms with Gasteiger partial charge in [0.15, 0.2) is 0 Å². The molecular weight excluding hydrogens is 270 g/mol. The second-order valence-corrected chi connectivity index (χ2v) is 6.91. The van der Waals surface area contributed by atoms with Gasteiger partial charge in [0, 0.05) is 0 Å². The first-order valence-corrected chi connectivity index (χ1v) is 9.21. The predicted molar refractivity (Wildman–Crippen MR) is 84.1 cm³/mol. The van der Waals surface area contributed by atoms with Gasteiger partial charge in [-0.25, -0.2) is 13.6 Å². The van der Waals surface area contributed by atoms with Gasteiger partial charge in [-0.15, -0.1) is 0 Å². The molecule has 0 saturated heterocycles. The van der Waals surface area contributed by atoms with Gasteiger partial charge in [-0.05, 0) is 24.5 Å². The Balaban J connectivity index is 2.29. The van der Waals surface area contributed by atoms with Crippen LogP contribution in [0.4, 0.5) is 0 Å². The third kappa shape index (κ3) is 6.53. The number of unbranched alkanes of at least 4 members (excludes halogenated alkanes) is 7. The Morgan fingerprint density at radius 2 is 1.45 bits per heavy atom. The number of rotatable bonds is 10. The number of benzene rings is 1. The molecule has 3 nitrogen and oxygen atoms in total. The van der Waals surface area contributed by atoms with E-state index in [0.717, 1.165) is 24.8 Å². The smallest absolute Gasteiger partial charge is 0.225 e. The molecule has 0 fully saturated rings. The van der Waals surface area contributed by atoms with Gasteiger partial charge < -0.3 is 0 Å². The van der Waals surface area contributed by atoms with E-state index in [2.05, 4.69) is 6.92 Å². The van der Waals surface area contributed by atoms with Crippen molar-refractivity contribution in [2.45, 2.75) is 69.6 Å². The lowest BCUT2D eigenvalue weighted by Gasteiger charge is -2.07. The number of hydrogen-bond donors (Lipinski definition) is 1. The molecule has 0 aliphatic heterocycles. The summed E-state index contributed by atoms with van der Waals surface area (Å²) >= 11 is 0. The van der Waals surface area contributed by atoms with Crippen LogP contribution < -0.4 is 5.14 Å². The summed E-state index contributed by atoms with van der Waals surface area (Å²) in [6, 6.07) is 7.04. The Morgan fingerprint density at radius 3 is 2.05 bits per heavy atom. The minimum atomic E-state index is -3.59. The summed E-state index contributed by atoms with van der Waals surface area (Å²) in [6.07, 6.45) is 10.8. The van der Waals surface area contributed by atoms with E-state index in [1.807, 2.05) is 12.1 Å². The Bertz CT molecular complexity index is 483. The van der Waals surface area contributed by atoms with Gasteiger partial charge in [0.25, 0.3) is 0 Å². The fourth-order valence-electron chi connectivity index (χ4n) is 2.44. The van der Waals surface area contributed by atoms with E-state index >= 15 is 0 Å². The normalized spacial score (nSPS) is 11.7. The summed E-state index contributed by atoms with van der Waals surface area (Å²) in [6.45, 7) is 2.23. The molecule has 0 aromatic heterocycles. The zero-order valence-corrected chi connectivity index (χ0v) is 13.3. The summed E-state index contributed by atoms with van der Waals surface area (Å²) in [5.74, 6) is 0. The van der Waals surface area contributed by atoms with Crippen molar-refractivity contribution in [3.05, 3.63) is 29.8 Å². The van der Waals surface area contributed by atoms with Crippen LogP contribution in [0.3, 0.4) is 0 Å². The van der Waals surface area contributed by atoms with Crippen LogP contribution in [0.2, 0.25) is 0 Å². The molecule has 1 aromatic carbocycles. The average Bonchev–Trinajstić information content (AvgIpc) is 2.41. The van der Waals surface area contributed by atoms with E-state index in [-0.39, 0.29) is 4.90 Å². The highest BCUT2D eigenvalue weighted by molar-refractivity contribution is 7.89. The van der Waals surface area contributed by atoms with Crippen molar-refractivity contribution in [2.24, 2.45) is 5.14 Å². The molecular formula is C16H27NO2S. The van der Waals surface area contributed by atoms with Crippen molar-refractivity contribution in [3.8, 4) is 0 Å². The predicted octanol–water partition coefficient (Wildman–Crippen LogP) is 4.02. The number of hydrogen-bond acceptors (Lipinski definition) is 2. The average molecular weight is 297 g/mol. The van der Waals surface area contributed by atoms with Crippen molar-refractivity contribution in [1.29, 1.82) is 0 Å². The van der Waals surface area contributed by atoms with E-state index in [1.54, 1.807) is 12.1 Å². The highest BCUT2D eigenvalue weighted by Crippen LogP contribution is 2.17. The van der Waals surface area contributed by atoms with Gasteiger partial charge >= 0.3 is 0 Å². The van der Waals surface area contributed by atoms with Crippen molar-refractivity contribution in [1.82, 2.24) is 0 Å². The highest BCUT2D eigenvalue weighted by atomic mass is 32.2. The monoisotopic (exact) mass is 297 g/mol. The number of nitrogens with two attached hydrogens (primary N) is 1.